The van der Waals surface area contributed by atoms with Crippen LogP contribution in [0.5, 0.6) is 5.75 Å². The molecular weight excluding hydrogens is 191 g/mol. The standard InChI is InChI=1S/C13H10FO/c14-12-7-4-8-13(9-12)15-10-11-5-2-1-3-6-11/h1-6,8-9H,10H2. The van der Waals surface area contributed by atoms with Crippen molar-refractivity contribution in [1.29, 1.82) is 0 Å². The van der Waals surface area contributed by atoms with Gasteiger partial charge in [0.1, 0.15) is 18.2 Å². The van der Waals surface area contributed by atoms with Crippen molar-refractivity contribution in [3.8, 4) is 5.75 Å². The van der Waals surface area contributed by atoms with Crippen molar-refractivity contribution >= 4 is 0 Å². The molecule has 0 saturated heterocycles. The fourth-order valence-corrected chi connectivity index (χ4v) is 1.25. The first kappa shape index (κ1) is 9.71. The summed E-state index contributed by atoms with van der Waals surface area (Å²) in [6, 6.07) is 16.7. The predicted octanol–water partition coefficient (Wildman–Crippen LogP) is 3.20. The van der Waals surface area contributed by atoms with Crippen molar-refractivity contribution in [2.45, 2.75) is 6.61 Å². The molecule has 0 aliphatic rings. The fraction of sp³-hybridized carbons (Fsp3) is 0.0769. The molecule has 0 amide bonds. The Morgan fingerprint density at radius 3 is 2.67 bits per heavy atom. The molecule has 0 spiro atoms. The Morgan fingerprint density at radius 1 is 1.13 bits per heavy atom. The molecular formula is C13H10FO. The summed E-state index contributed by atoms with van der Waals surface area (Å²) in [6.45, 7) is 0.449. The average Bonchev–Trinajstić information content (AvgIpc) is 2.28. The van der Waals surface area contributed by atoms with Crippen LogP contribution in [0.4, 0.5) is 4.39 Å². The highest BCUT2D eigenvalue weighted by Gasteiger charge is 1.96. The highest BCUT2D eigenvalue weighted by molar-refractivity contribution is 5.22. The first-order chi connectivity index (χ1) is 7.34. The second-order valence-electron chi connectivity index (χ2n) is 3.15. The van der Waals surface area contributed by atoms with Gasteiger partial charge in [-0.3, -0.25) is 0 Å². The van der Waals surface area contributed by atoms with E-state index in [1.807, 2.05) is 30.3 Å². The van der Waals surface area contributed by atoms with Crippen LogP contribution in [0.1, 0.15) is 5.56 Å². The van der Waals surface area contributed by atoms with Gasteiger partial charge in [0.2, 0.25) is 0 Å². The third-order valence-electron chi connectivity index (χ3n) is 1.99. The van der Waals surface area contributed by atoms with Crippen LogP contribution in [0.15, 0.2) is 48.5 Å². The summed E-state index contributed by atoms with van der Waals surface area (Å²) < 4.78 is 18.2. The summed E-state index contributed by atoms with van der Waals surface area (Å²) in [6.07, 6.45) is 0. The SMILES string of the molecule is Fc1[c]ccc(OCc2ccccc2)c1. The van der Waals surface area contributed by atoms with Crippen LogP contribution < -0.4 is 4.74 Å². The number of rotatable bonds is 3. The smallest absolute Gasteiger partial charge is 0.134 e. The van der Waals surface area contributed by atoms with Crippen LogP contribution in [0.2, 0.25) is 0 Å². The normalized spacial score (nSPS) is 9.93. The first-order valence-electron chi connectivity index (χ1n) is 4.68. The average molecular weight is 201 g/mol. The molecule has 0 aliphatic carbocycles. The second kappa shape index (κ2) is 4.60. The van der Waals surface area contributed by atoms with Crippen molar-refractivity contribution in [2.24, 2.45) is 0 Å². The Kier molecular flexibility index (Phi) is 2.98. The van der Waals surface area contributed by atoms with Gasteiger partial charge >= 0.3 is 0 Å². The minimum atomic E-state index is -0.402. The summed E-state index contributed by atoms with van der Waals surface area (Å²) in [4.78, 5) is 0. The molecule has 0 atom stereocenters. The zero-order valence-corrected chi connectivity index (χ0v) is 8.11. The highest BCUT2D eigenvalue weighted by Crippen LogP contribution is 2.13. The van der Waals surface area contributed by atoms with E-state index >= 15 is 0 Å². The summed E-state index contributed by atoms with van der Waals surface area (Å²) in [7, 11) is 0. The lowest BCUT2D eigenvalue weighted by atomic mass is 10.2. The summed E-state index contributed by atoms with van der Waals surface area (Å²) in [5.74, 6) is 0.121. The highest BCUT2D eigenvalue weighted by atomic mass is 19.1. The molecule has 0 saturated carbocycles. The largest absolute Gasteiger partial charge is 0.489 e. The van der Waals surface area contributed by atoms with E-state index in [1.165, 1.54) is 12.1 Å². The molecule has 0 aliphatic heterocycles. The molecule has 15 heavy (non-hydrogen) atoms. The van der Waals surface area contributed by atoms with Gasteiger partial charge in [-0.1, -0.05) is 30.3 Å². The summed E-state index contributed by atoms with van der Waals surface area (Å²) in [5.41, 5.74) is 1.06. The van der Waals surface area contributed by atoms with Gasteiger partial charge in [0, 0.05) is 12.1 Å². The third-order valence-corrected chi connectivity index (χ3v) is 1.99. The van der Waals surface area contributed by atoms with Crippen molar-refractivity contribution in [1.82, 2.24) is 0 Å². The molecule has 0 heterocycles. The Hall–Kier alpha value is -1.83. The lowest BCUT2D eigenvalue weighted by Gasteiger charge is -2.05. The van der Waals surface area contributed by atoms with Crippen LogP contribution >= 0.6 is 0 Å². The van der Waals surface area contributed by atoms with Crippen LogP contribution in [-0.4, -0.2) is 0 Å². The minimum Gasteiger partial charge on any atom is -0.489 e. The first-order valence-corrected chi connectivity index (χ1v) is 4.68. The Bertz CT molecular complexity index is 426. The Morgan fingerprint density at radius 2 is 1.93 bits per heavy atom. The molecule has 0 bridgehead atoms. The predicted molar refractivity (Wildman–Crippen MR) is 56.0 cm³/mol. The van der Waals surface area contributed by atoms with Gasteiger partial charge < -0.3 is 4.74 Å². The van der Waals surface area contributed by atoms with E-state index < -0.39 is 5.82 Å². The van der Waals surface area contributed by atoms with Crippen molar-refractivity contribution in [3.63, 3.8) is 0 Å². The van der Waals surface area contributed by atoms with Crippen molar-refractivity contribution in [3.05, 3.63) is 66.0 Å². The maximum Gasteiger partial charge on any atom is 0.134 e. The number of benzene rings is 2. The van der Waals surface area contributed by atoms with Gasteiger partial charge in [-0.2, -0.15) is 0 Å². The molecule has 2 aromatic carbocycles. The van der Waals surface area contributed by atoms with E-state index in [9.17, 15) is 4.39 Å². The fourth-order valence-electron chi connectivity index (χ4n) is 1.25. The van der Waals surface area contributed by atoms with E-state index in [0.29, 0.717) is 12.4 Å². The van der Waals surface area contributed by atoms with Crippen LogP contribution in [0.3, 0.4) is 0 Å². The molecule has 0 N–H and O–H groups in total. The van der Waals surface area contributed by atoms with Gasteiger partial charge in [0.05, 0.1) is 0 Å². The molecule has 2 aromatic rings. The molecule has 0 fully saturated rings. The van der Waals surface area contributed by atoms with E-state index in [2.05, 4.69) is 6.07 Å². The number of hydrogen-bond donors (Lipinski definition) is 0. The second-order valence-corrected chi connectivity index (χ2v) is 3.15. The summed E-state index contributed by atoms with van der Waals surface area (Å²) in [5, 5.41) is 0. The van der Waals surface area contributed by atoms with Crippen molar-refractivity contribution < 1.29 is 9.13 Å². The van der Waals surface area contributed by atoms with Crippen LogP contribution in [-0.2, 0) is 6.61 Å². The molecule has 75 valence electrons. The third kappa shape index (κ3) is 2.81. The van der Waals surface area contributed by atoms with Gasteiger partial charge in [-0.15, -0.1) is 0 Å². The lowest BCUT2D eigenvalue weighted by Crippen LogP contribution is -1.94. The monoisotopic (exact) mass is 201 g/mol. The van der Waals surface area contributed by atoms with Gasteiger partial charge in [-0.25, -0.2) is 4.39 Å². The number of halogens is 1. The Labute approximate surface area is 88.1 Å². The molecule has 1 radical (unpaired) electrons. The molecule has 2 rings (SSSR count). The van der Waals surface area contributed by atoms with E-state index in [1.54, 1.807) is 6.07 Å². The van der Waals surface area contributed by atoms with Crippen LogP contribution in [0.25, 0.3) is 0 Å². The lowest BCUT2D eigenvalue weighted by molar-refractivity contribution is 0.304. The quantitative estimate of drug-likeness (QED) is 0.741. The molecule has 2 heteroatoms. The van der Waals surface area contributed by atoms with Gasteiger partial charge in [-0.05, 0) is 17.7 Å². The molecule has 0 unspecified atom stereocenters. The maximum absolute atomic E-state index is 12.8. The topological polar surface area (TPSA) is 9.23 Å². The number of ether oxygens (including phenoxy) is 1. The summed E-state index contributed by atoms with van der Waals surface area (Å²) >= 11 is 0. The van der Waals surface area contributed by atoms with E-state index in [-0.39, 0.29) is 0 Å². The maximum atomic E-state index is 12.8. The van der Waals surface area contributed by atoms with Crippen LogP contribution in [0, 0.1) is 11.9 Å². The molecule has 0 aromatic heterocycles. The zero-order chi connectivity index (χ0) is 10.5. The van der Waals surface area contributed by atoms with Gasteiger partial charge in [0.25, 0.3) is 0 Å². The van der Waals surface area contributed by atoms with E-state index in [0.717, 1.165) is 5.56 Å². The molecule has 1 nitrogen and oxygen atoms in total. The number of hydrogen-bond acceptors (Lipinski definition) is 1. The minimum absolute atomic E-state index is 0.402. The Balaban J connectivity index is 1.99. The zero-order valence-electron chi connectivity index (χ0n) is 8.11. The van der Waals surface area contributed by atoms with Gasteiger partial charge in [0.15, 0.2) is 0 Å². The van der Waals surface area contributed by atoms with E-state index in [4.69, 9.17) is 4.74 Å². The van der Waals surface area contributed by atoms with Crippen molar-refractivity contribution in [2.75, 3.05) is 0 Å².